The molecule has 1 saturated heterocycles. The Balaban J connectivity index is 1.65. The second-order valence-corrected chi connectivity index (χ2v) is 5.48. The fourth-order valence-electron chi connectivity index (χ4n) is 2.88. The van der Waals surface area contributed by atoms with Crippen LogP contribution in [0.3, 0.4) is 0 Å². The molecule has 1 aliphatic heterocycles. The minimum Gasteiger partial charge on any atom is -0.370 e. The maximum absolute atomic E-state index is 5.57. The lowest BCUT2D eigenvalue weighted by Crippen LogP contribution is -2.37. The van der Waals surface area contributed by atoms with Gasteiger partial charge in [0.1, 0.15) is 5.60 Å². The van der Waals surface area contributed by atoms with E-state index in [1.165, 1.54) is 19.3 Å². The standard InChI is InChI=1S/C13H21N3O2/c1-17-13(5-3-6-13)12-15-11(18-16-12)8-10-4-2-7-14-9-10/h10,14H,2-9H2,1H3. The van der Waals surface area contributed by atoms with Gasteiger partial charge in [-0.15, -0.1) is 0 Å². The predicted molar refractivity (Wildman–Crippen MR) is 66.1 cm³/mol. The number of rotatable bonds is 4. The molecule has 0 spiro atoms. The molecule has 1 unspecified atom stereocenters. The van der Waals surface area contributed by atoms with Crippen LogP contribution >= 0.6 is 0 Å². The number of nitrogens with zero attached hydrogens (tertiary/aromatic N) is 2. The first kappa shape index (κ1) is 12.1. The third-order valence-electron chi connectivity index (χ3n) is 4.29. The molecule has 1 aromatic heterocycles. The molecule has 0 bridgehead atoms. The van der Waals surface area contributed by atoms with E-state index in [4.69, 9.17) is 9.26 Å². The molecule has 5 nitrogen and oxygen atoms in total. The number of piperidine rings is 1. The number of hydrogen-bond donors (Lipinski definition) is 1. The van der Waals surface area contributed by atoms with Crippen molar-refractivity contribution in [3.05, 3.63) is 11.7 Å². The third kappa shape index (κ3) is 2.17. The van der Waals surface area contributed by atoms with Gasteiger partial charge in [-0.2, -0.15) is 4.98 Å². The SMILES string of the molecule is COC1(c2noc(CC3CCCNC3)n2)CCC1. The van der Waals surface area contributed by atoms with Crippen molar-refractivity contribution in [3.8, 4) is 0 Å². The Labute approximate surface area is 107 Å². The average Bonchev–Trinajstić information content (AvgIpc) is 2.79. The van der Waals surface area contributed by atoms with E-state index in [2.05, 4.69) is 15.5 Å². The van der Waals surface area contributed by atoms with Gasteiger partial charge in [0.05, 0.1) is 0 Å². The number of methoxy groups -OCH3 is 1. The fraction of sp³-hybridized carbons (Fsp3) is 0.846. The van der Waals surface area contributed by atoms with Crippen LogP contribution < -0.4 is 5.32 Å². The van der Waals surface area contributed by atoms with E-state index in [0.29, 0.717) is 5.92 Å². The highest BCUT2D eigenvalue weighted by molar-refractivity contribution is 5.06. The van der Waals surface area contributed by atoms with E-state index < -0.39 is 0 Å². The Hall–Kier alpha value is -0.940. The summed E-state index contributed by atoms with van der Waals surface area (Å²) >= 11 is 0. The largest absolute Gasteiger partial charge is 0.370 e. The van der Waals surface area contributed by atoms with Crippen molar-refractivity contribution in [2.24, 2.45) is 5.92 Å². The smallest absolute Gasteiger partial charge is 0.227 e. The lowest BCUT2D eigenvalue weighted by molar-refractivity contribution is -0.0858. The Morgan fingerprint density at radius 2 is 2.33 bits per heavy atom. The van der Waals surface area contributed by atoms with Gasteiger partial charge in [0, 0.05) is 13.5 Å². The number of ether oxygens (including phenoxy) is 1. The van der Waals surface area contributed by atoms with E-state index >= 15 is 0 Å². The third-order valence-corrected chi connectivity index (χ3v) is 4.29. The van der Waals surface area contributed by atoms with Gasteiger partial charge in [-0.3, -0.25) is 0 Å². The van der Waals surface area contributed by atoms with Crippen LogP contribution in [0, 0.1) is 5.92 Å². The molecule has 1 aromatic rings. The van der Waals surface area contributed by atoms with E-state index in [0.717, 1.165) is 44.1 Å². The zero-order valence-corrected chi connectivity index (χ0v) is 10.9. The van der Waals surface area contributed by atoms with Gasteiger partial charge in [-0.05, 0) is 51.1 Å². The van der Waals surface area contributed by atoms with Gasteiger partial charge in [0.25, 0.3) is 0 Å². The lowest BCUT2D eigenvalue weighted by atomic mass is 9.79. The molecular formula is C13H21N3O2. The maximum atomic E-state index is 5.57. The number of aromatic nitrogens is 2. The van der Waals surface area contributed by atoms with Gasteiger partial charge in [0.2, 0.25) is 11.7 Å². The average molecular weight is 251 g/mol. The van der Waals surface area contributed by atoms with Crippen molar-refractivity contribution >= 4 is 0 Å². The molecule has 0 radical (unpaired) electrons. The van der Waals surface area contributed by atoms with Crippen molar-refractivity contribution in [1.82, 2.24) is 15.5 Å². The second-order valence-electron chi connectivity index (χ2n) is 5.48. The van der Waals surface area contributed by atoms with Crippen LogP contribution in [0.1, 0.15) is 43.8 Å². The minimum atomic E-state index is -0.257. The first-order valence-corrected chi connectivity index (χ1v) is 6.91. The molecule has 1 atom stereocenters. The highest BCUT2D eigenvalue weighted by Gasteiger charge is 2.43. The first-order valence-electron chi connectivity index (χ1n) is 6.91. The quantitative estimate of drug-likeness (QED) is 0.881. The molecule has 100 valence electrons. The van der Waals surface area contributed by atoms with Crippen LogP contribution in [0.4, 0.5) is 0 Å². The molecule has 2 aliphatic rings. The van der Waals surface area contributed by atoms with Crippen LogP contribution in [0.25, 0.3) is 0 Å². The van der Waals surface area contributed by atoms with Gasteiger partial charge in [-0.1, -0.05) is 5.16 Å². The van der Waals surface area contributed by atoms with E-state index in [9.17, 15) is 0 Å². The highest BCUT2D eigenvalue weighted by atomic mass is 16.5. The van der Waals surface area contributed by atoms with Crippen molar-refractivity contribution in [2.45, 2.75) is 44.1 Å². The summed E-state index contributed by atoms with van der Waals surface area (Å²) in [5.41, 5.74) is -0.257. The zero-order chi connectivity index (χ0) is 12.4. The van der Waals surface area contributed by atoms with Crippen molar-refractivity contribution in [3.63, 3.8) is 0 Å². The Morgan fingerprint density at radius 1 is 1.44 bits per heavy atom. The molecule has 18 heavy (non-hydrogen) atoms. The summed E-state index contributed by atoms with van der Waals surface area (Å²) in [4.78, 5) is 4.54. The minimum absolute atomic E-state index is 0.257. The molecule has 1 saturated carbocycles. The number of nitrogens with one attached hydrogen (secondary N) is 1. The zero-order valence-electron chi connectivity index (χ0n) is 10.9. The number of hydrogen-bond acceptors (Lipinski definition) is 5. The summed E-state index contributed by atoms with van der Waals surface area (Å²) in [5, 5.41) is 7.53. The second kappa shape index (κ2) is 4.97. The van der Waals surface area contributed by atoms with E-state index in [1.807, 2.05) is 0 Å². The van der Waals surface area contributed by atoms with Crippen LogP contribution in [0.2, 0.25) is 0 Å². The Bertz CT molecular complexity index is 389. The molecule has 0 aromatic carbocycles. The van der Waals surface area contributed by atoms with E-state index in [-0.39, 0.29) is 5.60 Å². The molecule has 1 N–H and O–H groups in total. The maximum Gasteiger partial charge on any atom is 0.227 e. The van der Waals surface area contributed by atoms with Gasteiger partial charge in [0.15, 0.2) is 0 Å². The normalized spacial score (nSPS) is 26.8. The van der Waals surface area contributed by atoms with Gasteiger partial charge in [-0.25, -0.2) is 0 Å². The molecule has 3 rings (SSSR count). The summed E-state index contributed by atoms with van der Waals surface area (Å²) in [5.74, 6) is 2.14. The molecule has 5 heteroatoms. The van der Waals surface area contributed by atoms with Gasteiger partial charge < -0.3 is 14.6 Å². The van der Waals surface area contributed by atoms with Gasteiger partial charge >= 0.3 is 0 Å². The molecule has 0 amide bonds. The summed E-state index contributed by atoms with van der Waals surface area (Å²) in [6, 6.07) is 0. The van der Waals surface area contributed by atoms with Crippen LogP contribution in [-0.4, -0.2) is 30.3 Å². The lowest BCUT2D eigenvalue weighted by Gasteiger charge is -2.37. The topological polar surface area (TPSA) is 60.2 Å². The molecule has 1 aliphatic carbocycles. The molecule has 2 fully saturated rings. The first-order chi connectivity index (χ1) is 8.82. The monoisotopic (exact) mass is 251 g/mol. The van der Waals surface area contributed by atoms with Crippen LogP contribution in [0.15, 0.2) is 4.52 Å². The van der Waals surface area contributed by atoms with Crippen LogP contribution in [0.5, 0.6) is 0 Å². The summed E-state index contributed by atoms with van der Waals surface area (Å²) in [7, 11) is 1.74. The highest BCUT2D eigenvalue weighted by Crippen LogP contribution is 2.42. The summed E-state index contributed by atoms with van der Waals surface area (Å²) in [6.07, 6.45) is 6.58. The van der Waals surface area contributed by atoms with E-state index in [1.54, 1.807) is 7.11 Å². The van der Waals surface area contributed by atoms with Crippen molar-refractivity contribution in [2.75, 3.05) is 20.2 Å². The van der Waals surface area contributed by atoms with Crippen LogP contribution in [-0.2, 0) is 16.8 Å². The Morgan fingerprint density at radius 3 is 2.94 bits per heavy atom. The summed E-state index contributed by atoms with van der Waals surface area (Å²) < 4.78 is 10.9. The molecule has 2 heterocycles. The van der Waals surface area contributed by atoms with Crippen molar-refractivity contribution in [1.29, 1.82) is 0 Å². The van der Waals surface area contributed by atoms with Crippen molar-refractivity contribution < 1.29 is 9.26 Å². The Kier molecular flexibility index (Phi) is 3.35. The summed E-state index contributed by atoms with van der Waals surface area (Å²) in [6.45, 7) is 2.20. The fourth-order valence-corrected chi connectivity index (χ4v) is 2.88. The predicted octanol–water partition coefficient (Wildman–Crippen LogP) is 1.64. The molecular weight excluding hydrogens is 230 g/mol.